The summed E-state index contributed by atoms with van der Waals surface area (Å²) in [5.41, 5.74) is 0. The molecule has 15 heavy (non-hydrogen) atoms. The maximum atomic E-state index is 3.61. The molecule has 86 valence electrons. The Hall–Kier alpha value is -0.340. The lowest BCUT2D eigenvalue weighted by molar-refractivity contribution is 0.327. The average Bonchev–Trinajstić information content (AvgIpc) is 2.79. The van der Waals surface area contributed by atoms with Gasteiger partial charge >= 0.3 is 0 Å². The molecule has 1 N–H and O–H groups in total. The molecule has 0 bridgehead atoms. The third-order valence-electron chi connectivity index (χ3n) is 3.61. The molecule has 0 aromatic rings. The average molecular weight is 208 g/mol. The Bertz CT molecular complexity index is 195. The quantitative estimate of drug-likeness (QED) is 0.549. The van der Waals surface area contributed by atoms with Gasteiger partial charge < -0.3 is 10.2 Å². The zero-order chi connectivity index (χ0) is 10.3. The van der Waals surface area contributed by atoms with E-state index in [0.29, 0.717) is 0 Å². The van der Waals surface area contributed by atoms with Crippen molar-refractivity contribution in [2.45, 2.75) is 32.1 Å². The minimum absolute atomic E-state index is 0.897. The number of hydrogen-bond donors (Lipinski definition) is 1. The van der Waals surface area contributed by atoms with E-state index in [2.05, 4.69) is 22.4 Å². The van der Waals surface area contributed by atoms with E-state index in [0.717, 1.165) is 5.92 Å². The lowest BCUT2D eigenvalue weighted by atomic mass is 9.94. The summed E-state index contributed by atoms with van der Waals surface area (Å²) in [6.45, 7) is 6.31. The van der Waals surface area contributed by atoms with Crippen molar-refractivity contribution in [1.82, 2.24) is 10.2 Å². The van der Waals surface area contributed by atoms with Crippen molar-refractivity contribution in [2.75, 3.05) is 32.7 Å². The highest BCUT2D eigenvalue weighted by Crippen LogP contribution is 2.16. The summed E-state index contributed by atoms with van der Waals surface area (Å²) >= 11 is 0. The van der Waals surface area contributed by atoms with Gasteiger partial charge in [0.2, 0.25) is 0 Å². The van der Waals surface area contributed by atoms with Crippen molar-refractivity contribution >= 4 is 0 Å². The van der Waals surface area contributed by atoms with Gasteiger partial charge in [-0.15, -0.1) is 0 Å². The molecular formula is C13H24N2. The minimum atomic E-state index is 0.897. The molecule has 2 rings (SSSR count). The predicted octanol–water partition coefficient (Wildman–Crippen LogP) is 2.03. The highest BCUT2D eigenvalue weighted by Gasteiger charge is 2.11. The Morgan fingerprint density at radius 1 is 1.20 bits per heavy atom. The molecule has 0 spiro atoms. The number of allylic oxidation sites excluding steroid dienone is 2. The van der Waals surface area contributed by atoms with E-state index >= 15 is 0 Å². The molecule has 1 aliphatic heterocycles. The smallest absolute Gasteiger partial charge is 0.0107 e. The van der Waals surface area contributed by atoms with Gasteiger partial charge in [-0.25, -0.2) is 0 Å². The van der Waals surface area contributed by atoms with Crippen LogP contribution in [0, 0.1) is 5.92 Å². The third kappa shape index (κ3) is 3.96. The van der Waals surface area contributed by atoms with Crippen LogP contribution in [-0.4, -0.2) is 37.6 Å². The normalized spacial score (nSPS) is 27.3. The summed E-state index contributed by atoms with van der Waals surface area (Å²) in [7, 11) is 0. The summed E-state index contributed by atoms with van der Waals surface area (Å²) in [5, 5.41) is 3.61. The van der Waals surface area contributed by atoms with E-state index < -0.39 is 0 Å². The number of rotatable bonds is 5. The van der Waals surface area contributed by atoms with Gasteiger partial charge in [0.15, 0.2) is 0 Å². The summed E-state index contributed by atoms with van der Waals surface area (Å²) in [5.74, 6) is 0.897. The lowest BCUT2D eigenvalue weighted by Crippen LogP contribution is -2.32. The van der Waals surface area contributed by atoms with Crippen molar-refractivity contribution < 1.29 is 0 Å². The Balaban J connectivity index is 1.49. The molecule has 0 aromatic carbocycles. The summed E-state index contributed by atoms with van der Waals surface area (Å²) in [6, 6.07) is 0. The van der Waals surface area contributed by atoms with Gasteiger partial charge in [-0.05, 0) is 57.7 Å². The van der Waals surface area contributed by atoms with Crippen LogP contribution in [0.3, 0.4) is 0 Å². The molecule has 1 fully saturated rings. The van der Waals surface area contributed by atoms with Gasteiger partial charge in [0.05, 0.1) is 0 Å². The second kappa shape index (κ2) is 6.29. The molecule has 0 saturated carbocycles. The molecule has 0 amide bonds. The van der Waals surface area contributed by atoms with Crippen LogP contribution in [-0.2, 0) is 0 Å². The maximum absolute atomic E-state index is 3.61. The number of nitrogens with one attached hydrogen (secondary N) is 1. The number of hydrogen-bond acceptors (Lipinski definition) is 2. The van der Waals surface area contributed by atoms with E-state index in [4.69, 9.17) is 0 Å². The largest absolute Gasteiger partial charge is 0.315 e. The summed E-state index contributed by atoms with van der Waals surface area (Å²) in [6.07, 6.45) is 11.4. The Kier molecular flexibility index (Phi) is 4.68. The van der Waals surface area contributed by atoms with Crippen molar-refractivity contribution in [3.63, 3.8) is 0 Å². The minimum Gasteiger partial charge on any atom is -0.315 e. The maximum Gasteiger partial charge on any atom is 0.0107 e. The van der Waals surface area contributed by atoms with E-state index in [9.17, 15) is 0 Å². The molecule has 1 aliphatic carbocycles. The predicted molar refractivity (Wildman–Crippen MR) is 65.0 cm³/mol. The first-order valence-electron chi connectivity index (χ1n) is 6.53. The molecule has 1 unspecified atom stereocenters. The molecule has 1 saturated heterocycles. The van der Waals surface area contributed by atoms with Gasteiger partial charge in [-0.1, -0.05) is 12.2 Å². The fourth-order valence-corrected chi connectivity index (χ4v) is 2.59. The molecule has 2 nitrogen and oxygen atoms in total. The van der Waals surface area contributed by atoms with Crippen LogP contribution in [0.4, 0.5) is 0 Å². The van der Waals surface area contributed by atoms with Gasteiger partial charge in [0.1, 0.15) is 0 Å². The monoisotopic (exact) mass is 208 g/mol. The topological polar surface area (TPSA) is 15.3 Å². The molecule has 2 heteroatoms. The van der Waals surface area contributed by atoms with Crippen molar-refractivity contribution in [2.24, 2.45) is 5.92 Å². The summed E-state index contributed by atoms with van der Waals surface area (Å²) < 4.78 is 0. The number of likely N-dealkylation sites (tertiary alicyclic amines) is 1. The van der Waals surface area contributed by atoms with Crippen LogP contribution in [0.2, 0.25) is 0 Å². The van der Waals surface area contributed by atoms with Crippen molar-refractivity contribution in [1.29, 1.82) is 0 Å². The highest BCUT2D eigenvalue weighted by atomic mass is 15.1. The molecule has 0 radical (unpaired) electrons. The van der Waals surface area contributed by atoms with E-state index in [1.807, 2.05) is 0 Å². The van der Waals surface area contributed by atoms with Gasteiger partial charge in [-0.2, -0.15) is 0 Å². The van der Waals surface area contributed by atoms with Gasteiger partial charge in [0.25, 0.3) is 0 Å². The van der Waals surface area contributed by atoms with Crippen LogP contribution < -0.4 is 5.32 Å². The van der Waals surface area contributed by atoms with Crippen LogP contribution in [0.5, 0.6) is 0 Å². The molecule has 1 atom stereocenters. The van der Waals surface area contributed by atoms with E-state index in [1.165, 1.54) is 64.8 Å². The second-order valence-electron chi connectivity index (χ2n) is 4.90. The number of nitrogens with zero attached hydrogens (tertiary/aromatic N) is 1. The molecular weight excluding hydrogens is 184 g/mol. The van der Waals surface area contributed by atoms with E-state index in [1.54, 1.807) is 0 Å². The van der Waals surface area contributed by atoms with Crippen LogP contribution >= 0.6 is 0 Å². The Morgan fingerprint density at radius 3 is 2.80 bits per heavy atom. The zero-order valence-corrected chi connectivity index (χ0v) is 9.75. The Morgan fingerprint density at radius 2 is 2.07 bits per heavy atom. The molecule has 0 aromatic heterocycles. The van der Waals surface area contributed by atoms with Crippen molar-refractivity contribution in [3.05, 3.63) is 12.2 Å². The highest BCUT2D eigenvalue weighted by molar-refractivity contribution is 4.90. The van der Waals surface area contributed by atoms with Gasteiger partial charge in [-0.3, -0.25) is 0 Å². The van der Waals surface area contributed by atoms with Crippen LogP contribution in [0.15, 0.2) is 12.2 Å². The second-order valence-corrected chi connectivity index (χ2v) is 4.90. The SMILES string of the molecule is C1=CCC(CNCCN2CCCC2)CC1. The first-order chi connectivity index (χ1) is 7.45. The zero-order valence-electron chi connectivity index (χ0n) is 9.75. The standard InChI is InChI=1S/C13H24N2/c1-2-6-13(7-3-1)12-14-8-11-15-9-4-5-10-15/h1-2,13-14H,3-12H2. The Labute approximate surface area is 93.7 Å². The molecule has 1 heterocycles. The first-order valence-corrected chi connectivity index (χ1v) is 6.53. The third-order valence-corrected chi connectivity index (χ3v) is 3.61. The van der Waals surface area contributed by atoms with Crippen LogP contribution in [0.25, 0.3) is 0 Å². The van der Waals surface area contributed by atoms with E-state index in [-0.39, 0.29) is 0 Å². The van der Waals surface area contributed by atoms with Crippen molar-refractivity contribution in [3.8, 4) is 0 Å². The lowest BCUT2D eigenvalue weighted by Gasteiger charge is -2.20. The van der Waals surface area contributed by atoms with Crippen LogP contribution in [0.1, 0.15) is 32.1 Å². The fourth-order valence-electron chi connectivity index (χ4n) is 2.59. The fraction of sp³-hybridized carbons (Fsp3) is 0.846. The first kappa shape index (κ1) is 11.2. The molecule has 2 aliphatic rings. The summed E-state index contributed by atoms with van der Waals surface area (Å²) in [4.78, 5) is 2.58. The van der Waals surface area contributed by atoms with Gasteiger partial charge in [0, 0.05) is 13.1 Å².